The molecule has 0 aromatic heterocycles. The fraction of sp³-hybridized carbons (Fsp3) is 0.567. The molecule has 0 heterocycles. The number of carbonyl (C=O) groups is 1. The Balaban J connectivity index is 1.65. The number of carbonyl (C=O) groups excluding carboxylic acids is 1. The maximum Gasteiger partial charge on any atom is 0.343 e. The maximum absolute atomic E-state index is 12.5. The van der Waals surface area contributed by atoms with Crippen molar-refractivity contribution in [1.29, 1.82) is 0 Å². The van der Waals surface area contributed by atoms with E-state index in [0.29, 0.717) is 23.8 Å². The second-order valence-corrected chi connectivity index (χ2v) is 9.22. The SMILES string of the molecule is CCCCCCCCOc1ccc(C(=O)Oc2ccc(CCCCOC[C@@H](C)CC)cc2)cc1. The third-order valence-corrected chi connectivity index (χ3v) is 6.09. The first-order valence-corrected chi connectivity index (χ1v) is 13.2. The van der Waals surface area contributed by atoms with Crippen LogP contribution in [0.4, 0.5) is 0 Å². The highest BCUT2D eigenvalue weighted by Gasteiger charge is 2.09. The molecule has 0 aliphatic heterocycles. The van der Waals surface area contributed by atoms with Crippen LogP contribution in [0.3, 0.4) is 0 Å². The quantitative estimate of drug-likeness (QED) is 0.126. The lowest BCUT2D eigenvalue weighted by molar-refractivity contribution is 0.0734. The average molecular weight is 469 g/mol. The lowest BCUT2D eigenvalue weighted by Crippen LogP contribution is -2.08. The minimum atomic E-state index is -0.353. The molecule has 34 heavy (non-hydrogen) atoms. The Hall–Kier alpha value is -2.33. The molecule has 2 rings (SSSR count). The van der Waals surface area contributed by atoms with Gasteiger partial charge in [-0.1, -0.05) is 71.4 Å². The zero-order chi connectivity index (χ0) is 24.4. The Bertz CT molecular complexity index is 782. The molecule has 0 aliphatic rings. The molecule has 2 aromatic carbocycles. The number of rotatable bonds is 18. The van der Waals surface area contributed by atoms with Crippen LogP contribution in [0, 0.1) is 5.92 Å². The molecule has 0 saturated carbocycles. The number of hydrogen-bond donors (Lipinski definition) is 0. The number of benzene rings is 2. The minimum absolute atomic E-state index is 0.353. The summed E-state index contributed by atoms with van der Waals surface area (Å²) >= 11 is 0. The predicted molar refractivity (Wildman–Crippen MR) is 140 cm³/mol. The van der Waals surface area contributed by atoms with E-state index in [1.807, 2.05) is 36.4 Å². The topological polar surface area (TPSA) is 44.8 Å². The third kappa shape index (κ3) is 11.7. The van der Waals surface area contributed by atoms with E-state index in [0.717, 1.165) is 51.1 Å². The molecule has 0 fully saturated rings. The number of hydrogen-bond acceptors (Lipinski definition) is 4. The van der Waals surface area contributed by atoms with Gasteiger partial charge in [-0.2, -0.15) is 0 Å². The lowest BCUT2D eigenvalue weighted by atomic mass is 10.1. The summed E-state index contributed by atoms with van der Waals surface area (Å²) in [5, 5.41) is 0. The molecule has 0 amide bonds. The molecule has 4 nitrogen and oxygen atoms in total. The number of esters is 1. The van der Waals surface area contributed by atoms with Gasteiger partial charge in [-0.3, -0.25) is 0 Å². The van der Waals surface area contributed by atoms with Crippen LogP contribution in [-0.2, 0) is 11.2 Å². The molecule has 4 heteroatoms. The summed E-state index contributed by atoms with van der Waals surface area (Å²) in [6.45, 7) is 9.03. The summed E-state index contributed by atoms with van der Waals surface area (Å²) in [6, 6.07) is 15.0. The summed E-state index contributed by atoms with van der Waals surface area (Å²) in [5.74, 6) is 1.64. The molecule has 0 aliphatic carbocycles. The zero-order valence-electron chi connectivity index (χ0n) is 21.5. The van der Waals surface area contributed by atoms with E-state index < -0.39 is 0 Å². The van der Waals surface area contributed by atoms with Gasteiger partial charge < -0.3 is 14.2 Å². The maximum atomic E-state index is 12.5. The van der Waals surface area contributed by atoms with E-state index in [-0.39, 0.29) is 5.97 Å². The van der Waals surface area contributed by atoms with Crippen LogP contribution in [0.5, 0.6) is 11.5 Å². The molecule has 0 spiro atoms. The summed E-state index contributed by atoms with van der Waals surface area (Å²) in [5.41, 5.74) is 1.77. The summed E-state index contributed by atoms with van der Waals surface area (Å²) in [7, 11) is 0. The Labute approximate surface area is 207 Å². The van der Waals surface area contributed by atoms with Crippen molar-refractivity contribution < 1.29 is 19.0 Å². The van der Waals surface area contributed by atoms with Gasteiger partial charge in [0.25, 0.3) is 0 Å². The van der Waals surface area contributed by atoms with Gasteiger partial charge in [-0.25, -0.2) is 4.79 Å². The van der Waals surface area contributed by atoms with Gasteiger partial charge in [-0.05, 0) is 73.6 Å². The van der Waals surface area contributed by atoms with Crippen LogP contribution < -0.4 is 9.47 Å². The molecule has 0 bridgehead atoms. The predicted octanol–water partition coefficient (Wildman–Crippen LogP) is 8.03. The van der Waals surface area contributed by atoms with Crippen molar-refractivity contribution in [1.82, 2.24) is 0 Å². The Morgan fingerprint density at radius 1 is 0.765 bits per heavy atom. The van der Waals surface area contributed by atoms with Crippen LogP contribution in [0.25, 0.3) is 0 Å². The highest BCUT2D eigenvalue weighted by molar-refractivity contribution is 5.91. The molecule has 0 radical (unpaired) electrons. The first-order chi connectivity index (χ1) is 16.6. The van der Waals surface area contributed by atoms with Crippen molar-refractivity contribution in [2.24, 2.45) is 5.92 Å². The molecular formula is C30H44O4. The minimum Gasteiger partial charge on any atom is -0.494 e. The van der Waals surface area contributed by atoms with Gasteiger partial charge >= 0.3 is 5.97 Å². The van der Waals surface area contributed by atoms with Crippen molar-refractivity contribution in [2.45, 2.75) is 85.0 Å². The van der Waals surface area contributed by atoms with Crippen molar-refractivity contribution in [3.05, 3.63) is 59.7 Å². The van der Waals surface area contributed by atoms with E-state index >= 15 is 0 Å². The third-order valence-electron chi connectivity index (χ3n) is 6.09. The average Bonchev–Trinajstić information content (AvgIpc) is 2.86. The first-order valence-electron chi connectivity index (χ1n) is 13.2. The van der Waals surface area contributed by atoms with Gasteiger partial charge in [0.05, 0.1) is 12.2 Å². The highest BCUT2D eigenvalue weighted by Crippen LogP contribution is 2.18. The fourth-order valence-corrected chi connectivity index (χ4v) is 3.59. The number of ether oxygens (including phenoxy) is 3. The second kappa shape index (κ2) is 17.2. The van der Waals surface area contributed by atoms with Crippen LogP contribution >= 0.6 is 0 Å². The Morgan fingerprint density at radius 3 is 2.12 bits per heavy atom. The Morgan fingerprint density at radius 2 is 1.41 bits per heavy atom. The van der Waals surface area contributed by atoms with Crippen LogP contribution in [0.1, 0.15) is 94.5 Å². The molecule has 188 valence electrons. The molecule has 0 saturated heterocycles. The normalized spacial score (nSPS) is 11.9. The van der Waals surface area contributed by atoms with E-state index in [9.17, 15) is 4.79 Å². The van der Waals surface area contributed by atoms with E-state index in [1.54, 1.807) is 12.1 Å². The van der Waals surface area contributed by atoms with Crippen LogP contribution in [0.2, 0.25) is 0 Å². The van der Waals surface area contributed by atoms with Crippen molar-refractivity contribution in [3.63, 3.8) is 0 Å². The van der Waals surface area contributed by atoms with Gasteiger partial charge in [0.1, 0.15) is 11.5 Å². The standard InChI is InChI=1S/C30H44O4/c1-4-6-7-8-9-11-23-33-28-20-16-27(17-21-28)30(31)34-29-18-14-26(15-19-29)13-10-12-22-32-24-25(3)5-2/h14-21,25H,4-13,22-24H2,1-3H3/t25-/m0/s1. The van der Waals surface area contributed by atoms with E-state index in [2.05, 4.69) is 20.8 Å². The Kier molecular flexibility index (Phi) is 14.1. The molecule has 0 N–H and O–H groups in total. The number of unbranched alkanes of at least 4 members (excludes halogenated alkanes) is 6. The van der Waals surface area contributed by atoms with Crippen LogP contribution in [-0.4, -0.2) is 25.8 Å². The highest BCUT2D eigenvalue weighted by atomic mass is 16.5. The van der Waals surface area contributed by atoms with Gasteiger partial charge in [0.2, 0.25) is 0 Å². The van der Waals surface area contributed by atoms with Crippen molar-refractivity contribution >= 4 is 5.97 Å². The molecule has 2 aromatic rings. The van der Waals surface area contributed by atoms with E-state index in [1.165, 1.54) is 37.7 Å². The fourth-order valence-electron chi connectivity index (χ4n) is 3.59. The van der Waals surface area contributed by atoms with E-state index in [4.69, 9.17) is 14.2 Å². The van der Waals surface area contributed by atoms with Crippen molar-refractivity contribution in [2.75, 3.05) is 19.8 Å². The van der Waals surface area contributed by atoms with Gasteiger partial charge in [0.15, 0.2) is 0 Å². The monoisotopic (exact) mass is 468 g/mol. The molecular weight excluding hydrogens is 424 g/mol. The van der Waals surface area contributed by atoms with Gasteiger partial charge in [0, 0.05) is 13.2 Å². The summed E-state index contributed by atoms with van der Waals surface area (Å²) in [6.07, 6.45) is 11.8. The molecule has 1 atom stereocenters. The largest absolute Gasteiger partial charge is 0.494 e. The van der Waals surface area contributed by atoms with Crippen molar-refractivity contribution in [3.8, 4) is 11.5 Å². The zero-order valence-corrected chi connectivity index (χ0v) is 21.5. The molecule has 0 unspecified atom stereocenters. The second-order valence-electron chi connectivity index (χ2n) is 9.22. The lowest BCUT2D eigenvalue weighted by Gasteiger charge is -2.09. The smallest absolute Gasteiger partial charge is 0.343 e. The van der Waals surface area contributed by atoms with Crippen LogP contribution in [0.15, 0.2) is 48.5 Å². The summed E-state index contributed by atoms with van der Waals surface area (Å²) in [4.78, 5) is 12.5. The number of aryl methyl sites for hydroxylation is 1. The van der Waals surface area contributed by atoms with Gasteiger partial charge in [-0.15, -0.1) is 0 Å². The first kappa shape index (κ1) is 27.9. The summed E-state index contributed by atoms with van der Waals surface area (Å²) < 4.78 is 17.0.